The molecule has 0 atom stereocenters. The first-order valence-corrected chi connectivity index (χ1v) is 15.3. The van der Waals surface area contributed by atoms with E-state index in [4.69, 9.17) is 33.9 Å². The molecule has 0 aliphatic carbocycles. The molecule has 0 saturated carbocycles. The number of benzene rings is 2. The number of piperidine rings is 1. The summed E-state index contributed by atoms with van der Waals surface area (Å²) < 4.78 is 56.7. The number of aromatic nitrogens is 3. The molecule has 12 nitrogen and oxygen atoms in total. The summed E-state index contributed by atoms with van der Waals surface area (Å²) in [5.74, 6) is -0.0296. The Kier molecular flexibility index (Phi) is 9.54. The zero-order chi connectivity index (χ0) is 33.0. The molecular weight excluding hydrogens is 621 g/mol. The summed E-state index contributed by atoms with van der Waals surface area (Å²) in [6, 6.07) is 16.9. The zero-order valence-corrected chi connectivity index (χ0v) is 25.7. The summed E-state index contributed by atoms with van der Waals surface area (Å²) in [6.45, 7) is 6.95. The fourth-order valence-corrected chi connectivity index (χ4v) is 5.97. The number of alkyl halides is 3. The van der Waals surface area contributed by atoms with Crippen LogP contribution in [0, 0.1) is 0 Å². The second kappa shape index (κ2) is 13.9. The number of carboxylic acids is 1. The summed E-state index contributed by atoms with van der Waals surface area (Å²) in [7, 11) is 1.70. The Balaban J connectivity index is 0.000000499. The van der Waals surface area contributed by atoms with E-state index in [0.717, 1.165) is 91.9 Å². The first kappa shape index (κ1) is 32.2. The second-order valence-corrected chi connectivity index (χ2v) is 11.1. The molecule has 7 rings (SSSR count). The van der Waals surface area contributed by atoms with Crippen molar-refractivity contribution >= 4 is 28.8 Å². The van der Waals surface area contributed by atoms with Gasteiger partial charge < -0.3 is 34.3 Å². The van der Waals surface area contributed by atoms with Crippen LogP contribution >= 0.6 is 0 Å². The first-order valence-electron chi connectivity index (χ1n) is 15.3. The Morgan fingerprint density at radius 1 is 1.00 bits per heavy atom. The molecule has 0 unspecified atom stereocenters. The molecule has 15 heteroatoms. The Labute approximate surface area is 268 Å². The number of hydrogen-bond acceptors (Lipinski definition) is 10. The highest BCUT2D eigenvalue weighted by Crippen LogP contribution is 2.40. The Morgan fingerprint density at radius 3 is 2.47 bits per heavy atom. The van der Waals surface area contributed by atoms with Crippen molar-refractivity contribution in [3.05, 3.63) is 54.7 Å². The topological polar surface area (TPSA) is 123 Å². The first-order chi connectivity index (χ1) is 22.7. The van der Waals surface area contributed by atoms with Crippen molar-refractivity contribution in [3.63, 3.8) is 0 Å². The molecule has 2 aromatic heterocycles. The average molecular weight is 657 g/mol. The SMILES string of the molecule is COc1cc(N2CCC(N3CCOCC3)CC2)ccc1Nc1ncc2ccc(-c3cccc4c3OCCO4)n2n1.O=C(O)C(F)(F)F. The minimum Gasteiger partial charge on any atom is -0.494 e. The number of rotatable bonds is 6. The summed E-state index contributed by atoms with van der Waals surface area (Å²) in [6.07, 6.45) is -0.945. The molecule has 0 spiro atoms. The van der Waals surface area contributed by atoms with Gasteiger partial charge in [-0.25, -0.2) is 14.3 Å². The van der Waals surface area contributed by atoms with Gasteiger partial charge in [0.2, 0.25) is 5.95 Å². The van der Waals surface area contributed by atoms with Gasteiger partial charge in [-0.15, -0.1) is 5.10 Å². The van der Waals surface area contributed by atoms with Crippen LogP contribution in [0.3, 0.4) is 0 Å². The highest BCUT2D eigenvalue weighted by molar-refractivity contribution is 5.75. The quantitative estimate of drug-likeness (QED) is 0.296. The van der Waals surface area contributed by atoms with Gasteiger partial charge in [0.15, 0.2) is 11.5 Å². The van der Waals surface area contributed by atoms with Gasteiger partial charge in [0, 0.05) is 49.5 Å². The van der Waals surface area contributed by atoms with Gasteiger partial charge in [0.25, 0.3) is 0 Å². The maximum absolute atomic E-state index is 10.6. The third kappa shape index (κ3) is 7.30. The number of methoxy groups -OCH3 is 1. The second-order valence-electron chi connectivity index (χ2n) is 11.1. The predicted molar refractivity (Wildman–Crippen MR) is 167 cm³/mol. The lowest BCUT2D eigenvalue weighted by molar-refractivity contribution is -0.192. The van der Waals surface area contributed by atoms with Crippen molar-refractivity contribution in [1.29, 1.82) is 0 Å². The third-order valence-corrected chi connectivity index (χ3v) is 8.31. The monoisotopic (exact) mass is 656 g/mol. The molecule has 0 bridgehead atoms. The number of nitrogens with one attached hydrogen (secondary N) is 1. The molecule has 4 aromatic rings. The lowest BCUT2D eigenvalue weighted by Crippen LogP contribution is -2.49. The van der Waals surface area contributed by atoms with Crippen molar-refractivity contribution in [3.8, 4) is 28.5 Å². The van der Waals surface area contributed by atoms with Gasteiger partial charge in [-0.2, -0.15) is 13.2 Å². The normalized spacial score (nSPS) is 17.1. The number of fused-ring (bicyclic) bond motifs is 2. The van der Waals surface area contributed by atoms with Gasteiger partial charge in [-0.05, 0) is 49.2 Å². The summed E-state index contributed by atoms with van der Waals surface area (Å²) in [5, 5.41) is 15.3. The maximum Gasteiger partial charge on any atom is 0.490 e. The molecule has 2 aromatic carbocycles. The maximum atomic E-state index is 10.6. The number of morpholine rings is 1. The number of carboxylic acid groups (broad SMARTS) is 1. The van der Waals surface area contributed by atoms with Gasteiger partial charge in [-0.3, -0.25) is 4.90 Å². The van der Waals surface area contributed by atoms with E-state index in [1.807, 2.05) is 47.1 Å². The number of nitrogens with zero attached hydrogens (tertiary/aromatic N) is 5. The molecule has 2 saturated heterocycles. The summed E-state index contributed by atoms with van der Waals surface area (Å²) in [4.78, 5) is 18.5. The van der Waals surface area contributed by atoms with Crippen molar-refractivity contribution in [2.75, 3.05) is 69.9 Å². The number of aliphatic carboxylic acids is 1. The molecule has 0 amide bonds. The average Bonchev–Trinajstić information content (AvgIpc) is 3.51. The van der Waals surface area contributed by atoms with Crippen LogP contribution in [-0.4, -0.2) is 103 Å². The van der Waals surface area contributed by atoms with E-state index in [1.165, 1.54) is 5.69 Å². The van der Waals surface area contributed by atoms with Crippen LogP contribution in [0.5, 0.6) is 17.2 Å². The molecule has 250 valence electrons. The summed E-state index contributed by atoms with van der Waals surface area (Å²) >= 11 is 0. The van der Waals surface area contributed by atoms with E-state index in [-0.39, 0.29) is 0 Å². The molecule has 2 N–H and O–H groups in total. The fourth-order valence-electron chi connectivity index (χ4n) is 5.97. The molecule has 3 aliphatic rings. The van der Waals surface area contributed by atoms with Crippen LogP contribution in [0.25, 0.3) is 16.8 Å². The molecule has 47 heavy (non-hydrogen) atoms. The van der Waals surface area contributed by atoms with E-state index >= 15 is 0 Å². The number of anilines is 3. The smallest absolute Gasteiger partial charge is 0.490 e. The van der Waals surface area contributed by atoms with Crippen molar-refractivity contribution in [2.24, 2.45) is 0 Å². The largest absolute Gasteiger partial charge is 0.494 e. The zero-order valence-electron chi connectivity index (χ0n) is 25.7. The van der Waals surface area contributed by atoms with Crippen molar-refractivity contribution < 1.29 is 42.0 Å². The van der Waals surface area contributed by atoms with E-state index < -0.39 is 12.1 Å². The minimum atomic E-state index is -5.08. The predicted octanol–water partition coefficient (Wildman–Crippen LogP) is 4.85. The highest BCUT2D eigenvalue weighted by Gasteiger charge is 2.38. The van der Waals surface area contributed by atoms with Crippen LogP contribution in [0.1, 0.15) is 12.8 Å². The lowest BCUT2D eigenvalue weighted by Gasteiger charge is -2.40. The summed E-state index contributed by atoms with van der Waals surface area (Å²) in [5.41, 5.74) is 4.71. The van der Waals surface area contributed by atoms with Gasteiger partial charge in [-0.1, -0.05) is 6.07 Å². The Hall–Kier alpha value is -4.76. The van der Waals surface area contributed by atoms with Crippen molar-refractivity contribution in [1.82, 2.24) is 19.5 Å². The molecular formula is C32H35F3N6O6. The third-order valence-electron chi connectivity index (χ3n) is 8.31. The van der Waals surface area contributed by atoms with Crippen LogP contribution in [0.15, 0.2) is 54.7 Å². The van der Waals surface area contributed by atoms with Gasteiger partial charge >= 0.3 is 12.1 Å². The fraction of sp³-hybridized carbons (Fsp3) is 0.406. The van der Waals surface area contributed by atoms with Crippen LogP contribution in [0.2, 0.25) is 0 Å². The van der Waals surface area contributed by atoms with Gasteiger partial charge in [0.05, 0.1) is 43.4 Å². The molecule has 2 fully saturated rings. The number of carbonyl (C=O) groups is 1. The van der Waals surface area contributed by atoms with Crippen molar-refractivity contribution in [2.45, 2.75) is 25.1 Å². The molecule has 5 heterocycles. The van der Waals surface area contributed by atoms with Crippen LogP contribution in [0.4, 0.5) is 30.5 Å². The van der Waals surface area contributed by atoms with Gasteiger partial charge in [0.1, 0.15) is 19.0 Å². The Morgan fingerprint density at radius 2 is 1.74 bits per heavy atom. The van der Waals surface area contributed by atoms with E-state index in [0.29, 0.717) is 25.2 Å². The number of para-hydroxylation sites is 1. The van der Waals surface area contributed by atoms with E-state index in [1.54, 1.807) is 7.11 Å². The van der Waals surface area contributed by atoms with E-state index in [9.17, 15) is 13.2 Å². The van der Waals surface area contributed by atoms with E-state index in [2.05, 4.69) is 32.2 Å². The number of hydrogen-bond donors (Lipinski definition) is 2. The molecule has 0 radical (unpaired) electrons. The van der Waals surface area contributed by atoms with Crippen LogP contribution in [-0.2, 0) is 9.53 Å². The minimum absolute atomic E-state index is 0.476. The standard InChI is InChI=1S/C30H34N6O4.C2HF3O2/c1-37-28-19-22(34-11-9-21(10-12-34)35-13-15-38-16-14-35)5-7-25(28)32-30-31-20-23-6-8-26(36(23)33-30)24-3-2-4-27-29(24)40-18-17-39-27;3-2(4,5)1(6)7/h2-8,19-21H,9-18H2,1H3,(H,32,33);(H,6,7). The number of halogens is 3. The Bertz CT molecular complexity index is 1700. The number of ether oxygens (including phenoxy) is 4. The highest BCUT2D eigenvalue weighted by atomic mass is 19.4. The molecule has 3 aliphatic heterocycles. The lowest BCUT2D eigenvalue weighted by atomic mass is 10.0. The van der Waals surface area contributed by atoms with Crippen LogP contribution < -0.4 is 24.4 Å².